The third-order valence-electron chi connectivity index (χ3n) is 4.05. The number of aromatic amines is 1. The number of pyridine rings is 1. The molecule has 6 nitrogen and oxygen atoms in total. The number of carbonyl (C=O) groups is 1. The van der Waals surface area contributed by atoms with Crippen LogP contribution in [0.25, 0.3) is 22.2 Å². The van der Waals surface area contributed by atoms with Gasteiger partial charge in [-0.05, 0) is 6.07 Å². The van der Waals surface area contributed by atoms with E-state index in [1.54, 1.807) is 24.3 Å². The number of rotatable bonds is 4. The molecule has 0 aliphatic rings. The summed E-state index contributed by atoms with van der Waals surface area (Å²) in [5, 5.41) is 7.48. The zero-order valence-electron chi connectivity index (χ0n) is 13.7. The van der Waals surface area contributed by atoms with Crippen molar-refractivity contribution in [2.45, 2.75) is 6.54 Å². The van der Waals surface area contributed by atoms with E-state index in [1.165, 1.54) is 6.07 Å². The number of hydrogen-bond acceptors (Lipinski definition) is 4. The number of aromatic nitrogens is 2. The van der Waals surface area contributed by atoms with E-state index in [-0.39, 0.29) is 18.0 Å². The van der Waals surface area contributed by atoms with Gasteiger partial charge in [0.05, 0.1) is 12.1 Å². The minimum Gasteiger partial charge on any atom is -0.359 e. The van der Waals surface area contributed by atoms with E-state index < -0.39 is 0 Å². The molecular weight excluding hydrogens is 330 g/mol. The van der Waals surface area contributed by atoms with Gasteiger partial charge in [0.1, 0.15) is 5.69 Å². The molecule has 0 spiro atoms. The van der Waals surface area contributed by atoms with Crippen LogP contribution in [0, 0.1) is 0 Å². The van der Waals surface area contributed by atoms with Crippen LogP contribution in [0.5, 0.6) is 0 Å². The fourth-order valence-electron chi connectivity index (χ4n) is 2.80. The van der Waals surface area contributed by atoms with Crippen LogP contribution in [0.4, 0.5) is 0 Å². The minimum atomic E-state index is -0.343. The highest BCUT2D eigenvalue weighted by molar-refractivity contribution is 6.05. The highest BCUT2D eigenvalue weighted by Crippen LogP contribution is 2.19. The van der Waals surface area contributed by atoms with E-state index >= 15 is 0 Å². The monoisotopic (exact) mass is 345 g/mol. The predicted molar refractivity (Wildman–Crippen MR) is 97.7 cm³/mol. The third-order valence-corrected chi connectivity index (χ3v) is 4.05. The quantitative estimate of drug-likeness (QED) is 0.595. The van der Waals surface area contributed by atoms with Crippen LogP contribution in [-0.2, 0) is 6.54 Å². The zero-order valence-corrected chi connectivity index (χ0v) is 13.7. The second-order valence-electron chi connectivity index (χ2n) is 5.82. The molecule has 0 aliphatic heterocycles. The Morgan fingerprint density at radius 2 is 1.81 bits per heavy atom. The Balaban J connectivity index is 1.53. The van der Waals surface area contributed by atoms with Gasteiger partial charge < -0.3 is 14.8 Å². The van der Waals surface area contributed by atoms with Crippen LogP contribution in [0.1, 0.15) is 16.1 Å². The smallest absolute Gasteiger partial charge is 0.252 e. The molecule has 2 heterocycles. The summed E-state index contributed by atoms with van der Waals surface area (Å²) in [5.74, 6) is 0.191. The van der Waals surface area contributed by atoms with Gasteiger partial charge in [-0.1, -0.05) is 53.7 Å². The van der Waals surface area contributed by atoms with Crippen molar-refractivity contribution in [2.24, 2.45) is 0 Å². The van der Waals surface area contributed by atoms with Crippen molar-refractivity contribution in [2.75, 3.05) is 0 Å². The summed E-state index contributed by atoms with van der Waals surface area (Å²) >= 11 is 0. The summed E-state index contributed by atoms with van der Waals surface area (Å²) in [7, 11) is 0. The van der Waals surface area contributed by atoms with Crippen molar-refractivity contribution in [3.63, 3.8) is 0 Å². The predicted octanol–water partition coefficient (Wildman–Crippen LogP) is 3.11. The zero-order chi connectivity index (χ0) is 17.9. The SMILES string of the molecule is O=C(NCc1cc(-c2ccccc2)no1)c1cc(=O)[nH]c2ccccc12. The van der Waals surface area contributed by atoms with E-state index in [1.807, 2.05) is 36.4 Å². The standard InChI is InChI=1S/C20H15N3O3/c24-19-11-16(15-8-4-5-9-17(15)22-19)20(25)21-12-14-10-18(23-26-14)13-6-2-1-3-7-13/h1-11H,12H2,(H,21,25)(H,22,24). The number of para-hydroxylation sites is 1. The van der Waals surface area contributed by atoms with Crippen LogP contribution < -0.4 is 10.9 Å². The second kappa shape index (κ2) is 6.68. The number of nitrogens with zero attached hydrogens (tertiary/aromatic N) is 1. The number of benzene rings is 2. The number of carbonyl (C=O) groups excluding carboxylic acids is 1. The lowest BCUT2D eigenvalue weighted by molar-refractivity contribution is 0.0948. The first-order valence-corrected chi connectivity index (χ1v) is 8.12. The van der Waals surface area contributed by atoms with Gasteiger partial charge in [-0.2, -0.15) is 0 Å². The first-order valence-electron chi connectivity index (χ1n) is 8.12. The highest BCUT2D eigenvalue weighted by Gasteiger charge is 2.13. The lowest BCUT2D eigenvalue weighted by Crippen LogP contribution is -2.24. The Hall–Kier alpha value is -3.67. The summed E-state index contributed by atoms with van der Waals surface area (Å²) < 4.78 is 5.28. The number of H-pyrrole nitrogens is 1. The summed E-state index contributed by atoms with van der Waals surface area (Å²) in [6.45, 7) is 0.180. The van der Waals surface area contributed by atoms with Gasteiger partial charge in [0.2, 0.25) is 5.56 Å². The number of hydrogen-bond donors (Lipinski definition) is 2. The van der Waals surface area contributed by atoms with Crippen molar-refractivity contribution < 1.29 is 9.32 Å². The molecule has 2 aromatic heterocycles. The fraction of sp³-hybridized carbons (Fsp3) is 0.0500. The van der Waals surface area contributed by atoms with E-state index in [2.05, 4.69) is 15.5 Å². The Bertz CT molecular complexity index is 1130. The van der Waals surface area contributed by atoms with E-state index in [0.717, 1.165) is 5.56 Å². The van der Waals surface area contributed by atoms with Crippen LogP contribution in [0.2, 0.25) is 0 Å². The number of fused-ring (bicyclic) bond motifs is 1. The molecular formula is C20H15N3O3. The molecule has 4 rings (SSSR count). The molecule has 26 heavy (non-hydrogen) atoms. The van der Waals surface area contributed by atoms with Crippen LogP contribution in [0.15, 0.2) is 76.0 Å². The molecule has 0 bridgehead atoms. The van der Waals surface area contributed by atoms with Crippen molar-refractivity contribution in [3.8, 4) is 11.3 Å². The lowest BCUT2D eigenvalue weighted by Gasteiger charge is -2.06. The summed E-state index contributed by atoms with van der Waals surface area (Å²) in [6, 6.07) is 19.9. The van der Waals surface area contributed by atoms with Gasteiger partial charge in [0.25, 0.3) is 5.91 Å². The van der Waals surface area contributed by atoms with Crippen LogP contribution >= 0.6 is 0 Å². The maximum absolute atomic E-state index is 12.5. The molecule has 4 aromatic rings. The molecule has 0 radical (unpaired) electrons. The maximum atomic E-state index is 12.5. The fourth-order valence-corrected chi connectivity index (χ4v) is 2.80. The Labute approximate surface area is 148 Å². The molecule has 1 amide bonds. The van der Waals surface area contributed by atoms with Crippen molar-refractivity contribution in [3.05, 3.63) is 88.4 Å². The molecule has 6 heteroatoms. The largest absolute Gasteiger partial charge is 0.359 e. The third kappa shape index (κ3) is 3.12. The normalized spacial score (nSPS) is 10.8. The van der Waals surface area contributed by atoms with Crippen molar-refractivity contribution in [1.82, 2.24) is 15.5 Å². The lowest BCUT2D eigenvalue weighted by atomic mass is 10.1. The molecule has 0 aliphatic carbocycles. The highest BCUT2D eigenvalue weighted by atomic mass is 16.5. The average molecular weight is 345 g/mol. The summed E-state index contributed by atoms with van der Waals surface area (Å²) in [4.78, 5) is 27.0. The Kier molecular flexibility index (Phi) is 4.07. The molecule has 0 atom stereocenters. The first kappa shape index (κ1) is 15.8. The number of amides is 1. The molecule has 2 aromatic carbocycles. The van der Waals surface area contributed by atoms with Gasteiger partial charge in [-0.3, -0.25) is 9.59 Å². The second-order valence-corrected chi connectivity index (χ2v) is 5.82. The van der Waals surface area contributed by atoms with E-state index in [0.29, 0.717) is 27.9 Å². The van der Waals surface area contributed by atoms with Gasteiger partial charge in [-0.15, -0.1) is 0 Å². The van der Waals surface area contributed by atoms with E-state index in [9.17, 15) is 9.59 Å². The van der Waals surface area contributed by atoms with Gasteiger partial charge >= 0.3 is 0 Å². The van der Waals surface area contributed by atoms with Crippen molar-refractivity contribution >= 4 is 16.8 Å². The molecule has 0 saturated carbocycles. The Morgan fingerprint density at radius 1 is 1.04 bits per heavy atom. The molecule has 0 saturated heterocycles. The number of nitrogens with one attached hydrogen (secondary N) is 2. The summed E-state index contributed by atoms with van der Waals surface area (Å²) in [5.41, 5.74) is 2.27. The maximum Gasteiger partial charge on any atom is 0.252 e. The topological polar surface area (TPSA) is 88.0 Å². The molecule has 128 valence electrons. The summed E-state index contributed by atoms with van der Waals surface area (Å²) in [6.07, 6.45) is 0. The van der Waals surface area contributed by atoms with Gasteiger partial charge in [-0.25, -0.2) is 0 Å². The van der Waals surface area contributed by atoms with Gasteiger partial charge in [0.15, 0.2) is 5.76 Å². The Morgan fingerprint density at radius 3 is 2.65 bits per heavy atom. The van der Waals surface area contributed by atoms with E-state index in [4.69, 9.17) is 4.52 Å². The molecule has 2 N–H and O–H groups in total. The van der Waals surface area contributed by atoms with Crippen LogP contribution in [0.3, 0.4) is 0 Å². The minimum absolute atomic E-state index is 0.180. The average Bonchev–Trinajstić information content (AvgIpc) is 3.15. The van der Waals surface area contributed by atoms with Gasteiger partial charge in [0, 0.05) is 28.6 Å². The molecule has 0 unspecified atom stereocenters. The molecule has 0 fully saturated rings. The first-order chi connectivity index (χ1) is 12.7. The van der Waals surface area contributed by atoms with Crippen molar-refractivity contribution in [1.29, 1.82) is 0 Å². The van der Waals surface area contributed by atoms with Crippen LogP contribution in [-0.4, -0.2) is 16.0 Å².